The van der Waals surface area contributed by atoms with E-state index in [2.05, 4.69) is 15.3 Å². The Hall–Kier alpha value is -2.96. The predicted molar refractivity (Wildman–Crippen MR) is 101 cm³/mol. The second-order valence-corrected chi connectivity index (χ2v) is 7.20. The summed E-state index contributed by atoms with van der Waals surface area (Å²) in [6.45, 7) is 1.06. The average Bonchev–Trinajstić information content (AvgIpc) is 3.00. The summed E-state index contributed by atoms with van der Waals surface area (Å²) in [5.74, 6) is -0.0796. The first-order chi connectivity index (χ1) is 13.1. The summed E-state index contributed by atoms with van der Waals surface area (Å²) in [5.41, 5.74) is 9.02. The maximum atomic E-state index is 12.8. The summed E-state index contributed by atoms with van der Waals surface area (Å²) >= 11 is 0. The van der Waals surface area contributed by atoms with Crippen LogP contribution in [0.3, 0.4) is 0 Å². The van der Waals surface area contributed by atoms with Gasteiger partial charge in [0, 0.05) is 30.8 Å². The van der Waals surface area contributed by atoms with E-state index in [9.17, 15) is 9.59 Å². The van der Waals surface area contributed by atoms with E-state index in [1.165, 1.54) is 0 Å². The van der Waals surface area contributed by atoms with Crippen molar-refractivity contribution in [3.63, 3.8) is 0 Å². The third-order valence-corrected chi connectivity index (χ3v) is 5.18. The Morgan fingerprint density at radius 3 is 2.78 bits per heavy atom. The second-order valence-electron chi connectivity index (χ2n) is 7.20. The Labute approximate surface area is 158 Å². The molecule has 2 aromatic rings. The number of nitrogens with zero attached hydrogens (tertiary/aromatic N) is 3. The SMILES string of the molecule is Nc1nc2c(c(C(=O)N[C@H]3CC(=O)N(Cc4ccccc4)C3)n1)CCCC2. The van der Waals surface area contributed by atoms with Crippen molar-refractivity contribution in [2.45, 2.75) is 44.7 Å². The van der Waals surface area contributed by atoms with Gasteiger partial charge < -0.3 is 16.0 Å². The van der Waals surface area contributed by atoms with Gasteiger partial charge in [-0.1, -0.05) is 30.3 Å². The fraction of sp³-hybridized carbons (Fsp3) is 0.400. The number of hydrogen-bond donors (Lipinski definition) is 2. The number of aromatic nitrogens is 2. The summed E-state index contributed by atoms with van der Waals surface area (Å²) in [5, 5.41) is 2.97. The Morgan fingerprint density at radius 2 is 1.96 bits per heavy atom. The summed E-state index contributed by atoms with van der Waals surface area (Å²) in [4.78, 5) is 35.4. The van der Waals surface area contributed by atoms with E-state index >= 15 is 0 Å². The lowest BCUT2D eigenvalue weighted by atomic mass is 9.94. The number of nitrogens with two attached hydrogens (primary N) is 1. The molecule has 0 unspecified atom stereocenters. The Bertz CT molecular complexity index is 868. The number of nitrogen functional groups attached to an aromatic ring is 1. The highest BCUT2D eigenvalue weighted by Crippen LogP contribution is 2.23. The molecule has 1 aromatic heterocycles. The highest BCUT2D eigenvalue weighted by Gasteiger charge is 2.32. The van der Waals surface area contributed by atoms with Crippen LogP contribution in [-0.4, -0.2) is 39.3 Å². The number of anilines is 1. The van der Waals surface area contributed by atoms with Crippen molar-refractivity contribution in [3.8, 4) is 0 Å². The van der Waals surface area contributed by atoms with Gasteiger partial charge in [0.15, 0.2) is 0 Å². The van der Waals surface area contributed by atoms with Crippen molar-refractivity contribution >= 4 is 17.8 Å². The molecule has 2 aliphatic rings. The lowest BCUT2D eigenvalue weighted by Crippen LogP contribution is -2.38. The number of benzene rings is 1. The van der Waals surface area contributed by atoms with Crippen LogP contribution in [0.5, 0.6) is 0 Å². The molecule has 1 aliphatic carbocycles. The van der Waals surface area contributed by atoms with Crippen molar-refractivity contribution in [1.82, 2.24) is 20.2 Å². The Kier molecular flexibility index (Phi) is 4.75. The molecule has 1 aliphatic heterocycles. The molecule has 27 heavy (non-hydrogen) atoms. The van der Waals surface area contributed by atoms with Crippen molar-refractivity contribution in [1.29, 1.82) is 0 Å². The second kappa shape index (κ2) is 7.34. The van der Waals surface area contributed by atoms with Gasteiger partial charge in [0.2, 0.25) is 11.9 Å². The smallest absolute Gasteiger partial charge is 0.270 e. The fourth-order valence-corrected chi connectivity index (χ4v) is 3.88. The lowest BCUT2D eigenvalue weighted by molar-refractivity contribution is -0.128. The zero-order chi connectivity index (χ0) is 18.8. The molecular weight excluding hydrogens is 342 g/mol. The number of nitrogens with one attached hydrogen (secondary N) is 1. The minimum absolute atomic E-state index is 0.0494. The van der Waals surface area contributed by atoms with Crippen LogP contribution in [0, 0.1) is 0 Å². The lowest BCUT2D eigenvalue weighted by Gasteiger charge is -2.20. The van der Waals surface area contributed by atoms with Gasteiger partial charge in [-0.05, 0) is 31.2 Å². The van der Waals surface area contributed by atoms with E-state index < -0.39 is 0 Å². The molecule has 4 rings (SSSR count). The molecule has 7 nitrogen and oxygen atoms in total. The molecule has 2 amide bonds. The first kappa shape index (κ1) is 17.5. The molecule has 1 saturated heterocycles. The van der Waals surface area contributed by atoms with Crippen LogP contribution in [-0.2, 0) is 24.2 Å². The molecule has 2 heterocycles. The van der Waals surface area contributed by atoms with Gasteiger partial charge in [0.25, 0.3) is 5.91 Å². The number of rotatable bonds is 4. The summed E-state index contributed by atoms with van der Waals surface area (Å²) in [6.07, 6.45) is 4.00. The third kappa shape index (κ3) is 3.77. The Balaban J connectivity index is 1.45. The van der Waals surface area contributed by atoms with E-state index in [1.807, 2.05) is 30.3 Å². The third-order valence-electron chi connectivity index (χ3n) is 5.18. The molecule has 1 aromatic carbocycles. The number of amides is 2. The largest absolute Gasteiger partial charge is 0.368 e. The normalized spacial score (nSPS) is 19.0. The van der Waals surface area contributed by atoms with Crippen molar-refractivity contribution in [2.24, 2.45) is 0 Å². The number of aryl methyl sites for hydroxylation is 1. The highest BCUT2D eigenvalue weighted by molar-refractivity contribution is 5.95. The molecule has 140 valence electrons. The van der Waals surface area contributed by atoms with Gasteiger partial charge in [-0.15, -0.1) is 0 Å². The number of fused-ring (bicyclic) bond motifs is 1. The van der Waals surface area contributed by atoms with E-state index in [4.69, 9.17) is 5.73 Å². The standard InChI is InChI=1S/C20H23N5O2/c21-20-23-16-9-5-4-8-15(16)18(24-20)19(27)22-14-10-17(26)25(12-14)11-13-6-2-1-3-7-13/h1-3,6-7,14H,4-5,8-12H2,(H,22,27)(H2,21,23,24)/t14-/m0/s1. The fourth-order valence-electron chi connectivity index (χ4n) is 3.88. The van der Waals surface area contributed by atoms with Crippen molar-refractivity contribution in [3.05, 3.63) is 52.8 Å². The zero-order valence-electron chi connectivity index (χ0n) is 15.1. The van der Waals surface area contributed by atoms with E-state index in [-0.39, 0.29) is 23.8 Å². The molecule has 0 spiro atoms. The van der Waals surface area contributed by atoms with Crippen molar-refractivity contribution in [2.75, 3.05) is 12.3 Å². The van der Waals surface area contributed by atoms with Crippen LogP contribution < -0.4 is 11.1 Å². The van der Waals surface area contributed by atoms with E-state index in [0.29, 0.717) is 25.2 Å². The summed E-state index contributed by atoms with van der Waals surface area (Å²) in [7, 11) is 0. The molecule has 7 heteroatoms. The van der Waals surface area contributed by atoms with Crippen LogP contribution in [0.4, 0.5) is 5.95 Å². The topological polar surface area (TPSA) is 101 Å². The number of carbonyl (C=O) groups excluding carboxylic acids is 2. The molecule has 0 radical (unpaired) electrons. The summed E-state index contributed by atoms with van der Waals surface area (Å²) < 4.78 is 0. The molecule has 3 N–H and O–H groups in total. The van der Waals surface area contributed by atoms with Gasteiger partial charge in [0.1, 0.15) is 5.69 Å². The minimum atomic E-state index is -0.262. The van der Waals surface area contributed by atoms with Gasteiger partial charge in [-0.2, -0.15) is 0 Å². The average molecular weight is 365 g/mol. The monoisotopic (exact) mass is 365 g/mol. The van der Waals surface area contributed by atoms with E-state index in [1.54, 1.807) is 4.90 Å². The van der Waals surface area contributed by atoms with E-state index in [0.717, 1.165) is 42.5 Å². The van der Waals surface area contributed by atoms with Crippen LogP contribution in [0.25, 0.3) is 0 Å². The first-order valence-electron chi connectivity index (χ1n) is 9.38. The molecule has 0 bridgehead atoms. The first-order valence-corrected chi connectivity index (χ1v) is 9.38. The van der Waals surface area contributed by atoms with Gasteiger partial charge in [0.05, 0.1) is 6.04 Å². The Morgan fingerprint density at radius 1 is 1.19 bits per heavy atom. The molecule has 1 atom stereocenters. The van der Waals surface area contributed by atoms with Gasteiger partial charge >= 0.3 is 0 Å². The quantitative estimate of drug-likeness (QED) is 0.854. The maximum absolute atomic E-state index is 12.8. The highest BCUT2D eigenvalue weighted by atomic mass is 16.2. The molecular formula is C20H23N5O2. The van der Waals surface area contributed by atoms with Crippen LogP contribution in [0.1, 0.15) is 46.6 Å². The zero-order valence-corrected chi connectivity index (χ0v) is 15.1. The number of likely N-dealkylation sites (tertiary alicyclic amines) is 1. The maximum Gasteiger partial charge on any atom is 0.270 e. The predicted octanol–water partition coefficient (Wildman–Crippen LogP) is 1.47. The number of carbonyl (C=O) groups is 2. The van der Waals surface area contributed by atoms with Crippen LogP contribution >= 0.6 is 0 Å². The van der Waals surface area contributed by atoms with Crippen LogP contribution in [0.2, 0.25) is 0 Å². The van der Waals surface area contributed by atoms with Crippen molar-refractivity contribution < 1.29 is 9.59 Å². The van der Waals surface area contributed by atoms with Crippen LogP contribution in [0.15, 0.2) is 30.3 Å². The minimum Gasteiger partial charge on any atom is -0.368 e. The van der Waals surface area contributed by atoms with Gasteiger partial charge in [-0.25, -0.2) is 9.97 Å². The summed E-state index contributed by atoms with van der Waals surface area (Å²) in [6, 6.07) is 9.64. The molecule has 0 saturated carbocycles. The number of hydrogen-bond acceptors (Lipinski definition) is 5. The molecule has 1 fully saturated rings. The van der Waals surface area contributed by atoms with Gasteiger partial charge in [-0.3, -0.25) is 9.59 Å².